The number of benzene rings is 1. The number of carbonyl (C=O) groups excluding carboxylic acids is 2. The summed E-state index contributed by atoms with van der Waals surface area (Å²) in [6.45, 7) is 1.37. The third-order valence-electron chi connectivity index (χ3n) is 4.28. The Morgan fingerprint density at radius 3 is 2.60 bits per heavy atom. The molecule has 0 aliphatic heterocycles. The van der Waals surface area contributed by atoms with Crippen LogP contribution in [0.2, 0.25) is 0 Å². The van der Waals surface area contributed by atoms with Gasteiger partial charge in [0.25, 0.3) is 0 Å². The van der Waals surface area contributed by atoms with Crippen molar-refractivity contribution < 1.29 is 19.3 Å². The molecule has 2 rings (SSSR count). The molecular formula is C19H24N2O4. The van der Waals surface area contributed by atoms with Gasteiger partial charge >= 0.3 is 0 Å². The highest BCUT2D eigenvalue weighted by Gasteiger charge is 2.19. The van der Waals surface area contributed by atoms with Crippen molar-refractivity contribution in [3.8, 4) is 0 Å². The molecule has 6 heteroatoms. The van der Waals surface area contributed by atoms with E-state index in [9.17, 15) is 9.59 Å². The molecule has 0 saturated heterocycles. The van der Waals surface area contributed by atoms with Crippen LogP contribution in [0.5, 0.6) is 0 Å². The standard InChI is InChI=1S/C19H24N2O4/c1-14(22)19(23)17-11-7-6-10-16(17)13-25-20-12-18(21-24-2)15-8-4-3-5-9-15/h6-7,10-12,15H,3-5,8-9,13H2,1-2H3/b20-12?,21-18-. The highest BCUT2D eigenvalue weighted by Crippen LogP contribution is 2.24. The highest BCUT2D eigenvalue weighted by molar-refractivity contribution is 6.43. The van der Waals surface area contributed by atoms with Crippen LogP contribution in [-0.4, -0.2) is 30.6 Å². The third-order valence-corrected chi connectivity index (χ3v) is 4.28. The summed E-state index contributed by atoms with van der Waals surface area (Å²) in [5.74, 6) is -0.678. The van der Waals surface area contributed by atoms with Crippen LogP contribution in [0.1, 0.15) is 54.9 Å². The second-order valence-electron chi connectivity index (χ2n) is 6.08. The van der Waals surface area contributed by atoms with Crippen LogP contribution in [-0.2, 0) is 21.1 Å². The predicted molar refractivity (Wildman–Crippen MR) is 95.8 cm³/mol. The Bertz CT molecular complexity index is 661. The Morgan fingerprint density at radius 1 is 1.20 bits per heavy atom. The van der Waals surface area contributed by atoms with E-state index < -0.39 is 11.6 Å². The van der Waals surface area contributed by atoms with Gasteiger partial charge in [-0.25, -0.2) is 0 Å². The zero-order valence-corrected chi connectivity index (χ0v) is 14.7. The number of ketones is 2. The summed E-state index contributed by atoms with van der Waals surface area (Å²) in [5.41, 5.74) is 1.75. The first-order valence-electron chi connectivity index (χ1n) is 8.53. The normalized spacial score (nSPS) is 16.0. The number of oxime groups is 2. The molecule has 1 aromatic rings. The lowest BCUT2D eigenvalue weighted by Crippen LogP contribution is -2.19. The van der Waals surface area contributed by atoms with E-state index in [1.165, 1.54) is 33.3 Å². The number of rotatable bonds is 8. The minimum atomic E-state index is -0.521. The first-order chi connectivity index (χ1) is 12.1. The van der Waals surface area contributed by atoms with Gasteiger partial charge in [0.15, 0.2) is 5.78 Å². The monoisotopic (exact) mass is 344 g/mol. The van der Waals surface area contributed by atoms with E-state index in [-0.39, 0.29) is 6.61 Å². The van der Waals surface area contributed by atoms with E-state index in [1.54, 1.807) is 30.5 Å². The van der Waals surface area contributed by atoms with E-state index in [0.29, 0.717) is 17.0 Å². The van der Waals surface area contributed by atoms with Crippen molar-refractivity contribution in [3.63, 3.8) is 0 Å². The minimum absolute atomic E-state index is 0.108. The second kappa shape index (κ2) is 9.71. The summed E-state index contributed by atoms with van der Waals surface area (Å²) in [6, 6.07) is 6.87. The Labute approximate surface area is 147 Å². The van der Waals surface area contributed by atoms with Gasteiger partial charge in [0, 0.05) is 24.0 Å². The summed E-state index contributed by atoms with van der Waals surface area (Å²) in [4.78, 5) is 33.5. The molecule has 25 heavy (non-hydrogen) atoms. The highest BCUT2D eigenvalue weighted by atomic mass is 16.6. The molecule has 1 aliphatic carbocycles. The summed E-state index contributed by atoms with van der Waals surface area (Å²) in [6.07, 6.45) is 7.35. The smallest absolute Gasteiger partial charge is 0.228 e. The number of hydrogen-bond donors (Lipinski definition) is 0. The van der Waals surface area contributed by atoms with Crippen LogP contribution in [0.25, 0.3) is 0 Å². The van der Waals surface area contributed by atoms with Gasteiger partial charge in [-0.1, -0.05) is 53.8 Å². The maximum atomic E-state index is 11.9. The molecule has 0 atom stereocenters. The lowest BCUT2D eigenvalue weighted by Gasteiger charge is -2.20. The Morgan fingerprint density at radius 2 is 1.92 bits per heavy atom. The van der Waals surface area contributed by atoms with Crippen molar-refractivity contribution in [3.05, 3.63) is 35.4 Å². The average molecular weight is 344 g/mol. The molecule has 0 unspecified atom stereocenters. The van der Waals surface area contributed by atoms with Gasteiger partial charge < -0.3 is 9.68 Å². The zero-order valence-electron chi connectivity index (χ0n) is 14.7. The number of hydrogen-bond acceptors (Lipinski definition) is 6. The molecule has 0 aromatic heterocycles. The van der Waals surface area contributed by atoms with Crippen LogP contribution in [0.3, 0.4) is 0 Å². The van der Waals surface area contributed by atoms with Gasteiger partial charge in [-0.3, -0.25) is 9.59 Å². The molecule has 1 aliphatic rings. The van der Waals surface area contributed by atoms with Crippen LogP contribution >= 0.6 is 0 Å². The number of Topliss-reactive ketones (excluding diaryl/α,β-unsaturated/α-hetero) is 2. The van der Waals surface area contributed by atoms with Gasteiger partial charge in [0.2, 0.25) is 5.78 Å². The van der Waals surface area contributed by atoms with Gasteiger partial charge in [0.1, 0.15) is 19.4 Å². The zero-order chi connectivity index (χ0) is 18.1. The summed E-state index contributed by atoms with van der Waals surface area (Å²) >= 11 is 0. The fourth-order valence-electron chi connectivity index (χ4n) is 2.96. The van der Waals surface area contributed by atoms with E-state index in [1.807, 2.05) is 0 Å². The largest absolute Gasteiger partial charge is 0.399 e. The molecule has 0 heterocycles. The molecule has 0 bridgehead atoms. The van der Waals surface area contributed by atoms with Crippen molar-refractivity contribution in [2.75, 3.05) is 7.11 Å². The van der Waals surface area contributed by atoms with E-state index in [0.717, 1.165) is 18.6 Å². The van der Waals surface area contributed by atoms with Crippen molar-refractivity contribution in [1.82, 2.24) is 0 Å². The van der Waals surface area contributed by atoms with Crippen molar-refractivity contribution in [2.45, 2.75) is 45.6 Å². The van der Waals surface area contributed by atoms with Gasteiger partial charge in [0.05, 0.1) is 6.21 Å². The van der Waals surface area contributed by atoms with Crippen LogP contribution in [0.4, 0.5) is 0 Å². The Hall–Kier alpha value is -2.50. The first-order valence-corrected chi connectivity index (χ1v) is 8.53. The maximum Gasteiger partial charge on any atom is 0.228 e. The molecule has 0 spiro atoms. The van der Waals surface area contributed by atoms with E-state index >= 15 is 0 Å². The van der Waals surface area contributed by atoms with Gasteiger partial charge in [-0.05, 0) is 12.8 Å². The SMILES string of the molecule is CO/N=C(/C=NOCc1ccccc1C(=O)C(C)=O)C1CCCCC1. The number of carbonyl (C=O) groups is 2. The van der Waals surface area contributed by atoms with Crippen molar-refractivity contribution in [1.29, 1.82) is 0 Å². The maximum absolute atomic E-state index is 11.9. The molecule has 1 fully saturated rings. The van der Waals surface area contributed by atoms with Gasteiger partial charge in [-0.2, -0.15) is 0 Å². The molecular weight excluding hydrogens is 320 g/mol. The van der Waals surface area contributed by atoms with Crippen molar-refractivity contribution in [2.24, 2.45) is 16.2 Å². The molecule has 134 valence electrons. The first kappa shape index (κ1) is 18.8. The lowest BCUT2D eigenvalue weighted by molar-refractivity contribution is -0.113. The number of nitrogens with zero attached hydrogens (tertiary/aromatic N) is 2. The summed E-state index contributed by atoms with van der Waals surface area (Å²) in [5, 5.41) is 8.02. The molecule has 0 amide bonds. The van der Waals surface area contributed by atoms with Gasteiger partial charge in [-0.15, -0.1) is 0 Å². The quantitative estimate of drug-likeness (QED) is 0.313. The van der Waals surface area contributed by atoms with E-state index in [4.69, 9.17) is 9.68 Å². The fraction of sp³-hybridized carbons (Fsp3) is 0.474. The molecule has 0 radical (unpaired) electrons. The summed E-state index contributed by atoms with van der Waals surface area (Å²) in [7, 11) is 1.52. The molecule has 0 N–H and O–H groups in total. The second-order valence-corrected chi connectivity index (χ2v) is 6.08. The third kappa shape index (κ3) is 5.52. The Kier molecular flexibility index (Phi) is 7.32. The summed E-state index contributed by atoms with van der Waals surface area (Å²) < 4.78 is 0. The van der Waals surface area contributed by atoms with Crippen LogP contribution in [0.15, 0.2) is 34.6 Å². The molecule has 1 aromatic carbocycles. The van der Waals surface area contributed by atoms with Crippen LogP contribution < -0.4 is 0 Å². The Balaban J connectivity index is 1.99. The lowest BCUT2D eigenvalue weighted by atomic mass is 9.86. The topological polar surface area (TPSA) is 77.3 Å². The molecule has 6 nitrogen and oxygen atoms in total. The minimum Gasteiger partial charge on any atom is -0.399 e. The fourth-order valence-corrected chi connectivity index (χ4v) is 2.96. The van der Waals surface area contributed by atoms with E-state index in [2.05, 4.69) is 10.3 Å². The molecule has 1 saturated carbocycles. The average Bonchev–Trinajstić information content (AvgIpc) is 2.64. The van der Waals surface area contributed by atoms with Crippen molar-refractivity contribution >= 4 is 23.5 Å². The predicted octanol–water partition coefficient (Wildman–Crippen LogP) is 3.54. The van der Waals surface area contributed by atoms with Crippen LogP contribution in [0, 0.1) is 5.92 Å².